The Kier molecular flexibility index (Phi) is 5.45. The number of ether oxygens (including phenoxy) is 1. The van der Waals surface area contributed by atoms with Crippen molar-refractivity contribution in [2.45, 2.75) is 57.5 Å². The van der Waals surface area contributed by atoms with Gasteiger partial charge < -0.3 is 14.5 Å². The molecule has 0 unspecified atom stereocenters. The van der Waals surface area contributed by atoms with Crippen LogP contribution in [0.15, 0.2) is 6.20 Å². The van der Waals surface area contributed by atoms with E-state index in [0.717, 1.165) is 57.5 Å². The Labute approximate surface area is 167 Å². The first-order chi connectivity index (χ1) is 13.5. The van der Waals surface area contributed by atoms with Gasteiger partial charge in [0.15, 0.2) is 0 Å². The molecule has 7 heteroatoms. The van der Waals surface area contributed by atoms with Gasteiger partial charge >= 0.3 is 0 Å². The summed E-state index contributed by atoms with van der Waals surface area (Å²) in [5.74, 6) is 0.349. The first-order valence-electron chi connectivity index (χ1n) is 10.7. The van der Waals surface area contributed by atoms with E-state index in [4.69, 9.17) is 4.74 Å². The van der Waals surface area contributed by atoms with Crippen LogP contribution in [0.4, 0.5) is 0 Å². The van der Waals surface area contributed by atoms with Gasteiger partial charge in [-0.2, -0.15) is 5.10 Å². The molecule has 0 aliphatic carbocycles. The second-order valence-electron chi connectivity index (χ2n) is 8.68. The normalized spacial score (nSPS) is 23.2. The molecule has 1 aromatic rings. The largest absolute Gasteiger partial charge is 0.375 e. The highest BCUT2D eigenvalue weighted by Crippen LogP contribution is 2.35. The zero-order chi connectivity index (χ0) is 19.7. The van der Waals surface area contributed by atoms with Crippen LogP contribution < -0.4 is 0 Å². The lowest BCUT2D eigenvalue weighted by Crippen LogP contribution is -2.51. The van der Waals surface area contributed by atoms with Crippen LogP contribution >= 0.6 is 0 Å². The van der Waals surface area contributed by atoms with Gasteiger partial charge in [-0.1, -0.05) is 0 Å². The molecule has 1 aromatic heterocycles. The van der Waals surface area contributed by atoms with Gasteiger partial charge in [-0.25, -0.2) is 0 Å². The Morgan fingerprint density at radius 1 is 1.07 bits per heavy atom. The molecule has 0 atom stereocenters. The van der Waals surface area contributed by atoms with Crippen LogP contribution in [-0.4, -0.2) is 69.8 Å². The number of aromatic nitrogens is 2. The number of aryl methyl sites for hydroxylation is 2. The maximum absolute atomic E-state index is 13.0. The first kappa shape index (κ1) is 19.4. The molecule has 0 aromatic carbocycles. The Balaban J connectivity index is 1.28. The number of likely N-dealkylation sites (tertiary alicyclic amines) is 2. The predicted octanol–water partition coefficient (Wildman–Crippen LogP) is 2.14. The number of piperidine rings is 2. The Morgan fingerprint density at radius 2 is 1.79 bits per heavy atom. The first-order valence-corrected chi connectivity index (χ1v) is 10.7. The number of nitrogens with zero attached hydrogens (tertiary/aromatic N) is 4. The van der Waals surface area contributed by atoms with Gasteiger partial charge in [0, 0.05) is 51.9 Å². The molecule has 1 spiro atoms. The molecular weight excluding hydrogens is 356 g/mol. The third kappa shape index (κ3) is 3.81. The quantitative estimate of drug-likeness (QED) is 0.779. The van der Waals surface area contributed by atoms with E-state index in [1.165, 1.54) is 12.8 Å². The number of rotatable bonds is 2. The summed E-state index contributed by atoms with van der Waals surface area (Å²) in [5, 5.41) is 4.27. The molecule has 28 heavy (non-hydrogen) atoms. The monoisotopic (exact) mass is 388 g/mol. The van der Waals surface area contributed by atoms with Crippen molar-refractivity contribution < 1.29 is 14.3 Å². The lowest BCUT2D eigenvalue weighted by Gasteiger charge is -2.45. The summed E-state index contributed by atoms with van der Waals surface area (Å²) in [6, 6.07) is 0. The summed E-state index contributed by atoms with van der Waals surface area (Å²) < 4.78 is 7.76. The van der Waals surface area contributed by atoms with E-state index in [0.29, 0.717) is 18.7 Å². The fourth-order valence-electron chi connectivity index (χ4n) is 5.01. The van der Waals surface area contributed by atoms with Gasteiger partial charge in [0.05, 0.1) is 16.9 Å². The van der Waals surface area contributed by atoms with Gasteiger partial charge in [0.2, 0.25) is 5.91 Å². The highest BCUT2D eigenvalue weighted by Gasteiger charge is 2.39. The van der Waals surface area contributed by atoms with Crippen molar-refractivity contribution in [2.24, 2.45) is 13.0 Å². The molecule has 154 valence electrons. The van der Waals surface area contributed by atoms with Crippen LogP contribution in [-0.2, 0) is 16.6 Å². The number of hydrogen-bond donors (Lipinski definition) is 0. The maximum Gasteiger partial charge on any atom is 0.257 e. The molecule has 4 rings (SSSR count). The van der Waals surface area contributed by atoms with Gasteiger partial charge in [-0.05, 0) is 51.9 Å². The minimum absolute atomic E-state index is 0.0332. The number of amides is 2. The van der Waals surface area contributed by atoms with Crippen LogP contribution in [0, 0.1) is 12.8 Å². The molecule has 0 radical (unpaired) electrons. The number of hydrogen-bond acceptors (Lipinski definition) is 4. The fourth-order valence-corrected chi connectivity index (χ4v) is 5.01. The highest BCUT2D eigenvalue weighted by atomic mass is 16.5. The number of carbonyl (C=O) groups excluding carboxylic acids is 2. The highest BCUT2D eigenvalue weighted by molar-refractivity contribution is 5.95. The zero-order valence-corrected chi connectivity index (χ0v) is 17.2. The van der Waals surface area contributed by atoms with Crippen LogP contribution in [0.3, 0.4) is 0 Å². The maximum atomic E-state index is 13.0. The van der Waals surface area contributed by atoms with Crippen LogP contribution in [0.1, 0.15) is 61.0 Å². The molecule has 4 heterocycles. The van der Waals surface area contributed by atoms with Gasteiger partial charge in [-0.3, -0.25) is 14.3 Å². The van der Waals surface area contributed by atoms with Gasteiger partial charge in [0.1, 0.15) is 0 Å². The lowest BCUT2D eigenvalue weighted by atomic mass is 9.84. The van der Waals surface area contributed by atoms with Crippen LogP contribution in [0.2, 0.25) is 0 Å². The SMILES string of the molecule is Cc1nn(C)cc1C(=O)N1CCC(C(=O)N2CCC3(CCCCO3)CC2)CC1. The summed E-state index contributed by atoms with van der Waals surface area (Å²) >= 11 is 0. The van der Waals surface area contributed by atoms with Crippen molar-refractivity contribution in [1.82, 2.24) is 19.6 Å². The molecule has 3 aliphatic rings. The Hall–Kier alpha value is -1.89. The summed E-state index contributed by atoms with van der Waals surface area (Å²) in [4.78, 5) is 29.7. The van der Waals surface area contributed by atoms with E-state index in [-0.39, 0.29) is 23.3 Å². The standard InChI is InChI=1S/C21H32N4O3/c1-16-18(15-23(2)22-16)20(27)24-10-5-17(6-11-24)19(26)25-12-8-21(9-13-25)7-3-4-14-28-21/h15,17H,3-14H2,1-2H3. The summed E-state index contributed by atoms with van der Waals surface area (Å²) in [7, 11) is 1.83. The second kappa shape index (κ2) is 7.85. The third-order valence-electron chi connectivity index (χ3n) is 6.80. The van der Waals surface area contributed by atoms with E-state index in [2.05, 4.69) is 5.10 Å². The predicted molar refractivity (Wildman–Crippen MR) is 105 cm³/mol. The van der Waals surface area contributed by atoms with Crippen molar-refractivity contribution in [2.75, 3.05) is 32.8 Å². The summed E-state index contributed by atoms with van der Waals surface area (Å²) in [6.45, 7) is 5.65. The van der Waals surface area contributed by atoms with Crippen molar-refractivity contribution in [3.05, 3.63) is 17.5 Å². The van der Waals surface area contributed by atoms with E-state index in [9.17, 15) is 9.59 Å². The van der Waals surface area contributed by atoms with Crippen LogP contribution in [0.25, 0.3) is 0 Å². The molecule has 3 aliphatic heterocycles. The fraction of sp³-hybridized carbons (Fsp3) is 0.762. The molecule has 0 N–H and O–H groups in total. The topological polar surface area (TPSA) is 67.7 Å². The van der Waals surface area contributed by atoms with Crippen molar-refractivity contribution in [1.29, 1.82) is 0 Å². The van der Waals surface area contributed by atoms with Crippen LogP contribution in [0.5, 0.6) is 0 Å². The average Bonchev–Trinajstić information content (AvgIpc) is 3.06. The third-order valence-corrected chi connectivity index (χ3v) is 6.80. The Bertz CT molecular complexity index is 720. The molecule has 3 saturated heterocycles. The van der Waals surface area contributed by atoms with E-state index in [1.807, 2.05) is 23.8 Å². The summed E-state index contributed by atoms with van der Waals surface area (Å²) in [5.41, 5.74) is 1.46. The second-order valence-corrected chi connectivity index (χ2v) is 8.68. The van der Waals surface area contributed by atoms with Crippen molar-refractivity contribution in [3.8, 4) is 0 Å². The molecule has 7 nitrogen and oxygen atoms in total. The minimum Gasteiger partial charge on any atom is -0.375 e. The van der Waals surface area contributed by atoms with Crippen molar-refractivity contribution >= 4 is 11.8 Å². The van der Waals surface area contributed by atoms with Gasteiger partial charge in [-0.15, -0.1) is 0 Å². The number of carbonyl (C=O) groups is 2. The minimum atomic E-state index is 0.0332. The molecule has 2 amide bonds. The molecule has 0 bridgehead atoms. The summed E-state index contributed by atoms with van der Waals surface area (Å²) in [6.07, 6.45) is 8.78. The molecule has 3 fully saturated rings. The molecular formula is C21H32N4O3. The van der Waals surface area contributed by atoms with E-state index >= 15 is 0 Å². The lowest BCUT2D eigenvalue weighted by molar-refractivity contribution is -0.147. The average molecular weight is 389 g/mol. The molecule has 0 saturated carbocycles. The van der Waals surface area contributed by atoms with E-state index < -0.39 is 0 Å². The zero-order valence-electron chi connectivity index (χ0n) is 17.2. The van der Waals surface area contributed by atoms with E-state index in [1.54, 1.807) is 10.9 Å². The Morgan fingerprint density at radius 3 is 2.36 bits per heavy atom. The van der Waals surface area contributed by atoms with Crippen molar-refractivity contribution in [3.63, 3.8) is 0 Å². The smallest absolute Gasteiger partial charge is 0.257 e. The van der Waals surface area contributed by atoms with Gasteiger partial charge in [0.25, 0.3) is 5.91 Å².